The van der Waals surface area contributed by atoms with Crippen molar-refractivity contribution >= 4 is 11.6 Å². The fraction of sp³-hybridized carbons (Fsp3) is 0.455. The van der Waals surface area contributed by atoms with E-state index in [0.717, 1.165) is 25.1 Å². The topological polar surface area (TPSA) is 50.7 Å². The molecule has 0 saturated carbocycles. The number of hydrogen-bond donors (Lipinski definition) is 2. The zero-order valence-corrected chi connectivity index (χ0v) is 9.38. The predicted molar refractivity (Wildman–Crippen MR) is 59.5 cm³/mol. The van der Waals surface area contributed by atoms with Crippen molar-refractivity contribution in [3.05, 3.63) is 16.7 Å². The Bertz CT molecular complexity index is 430. The van der Waals surface area contributed by atoms with E-state index in [1.165, 1.54) is 0 Å². The maximum atomic E-state index is 10.0. The Balaban J connectivity index is 2.08. The third-order valence-electron chi connectivity index (χ3n) is 3.11. The number of halogens is 1. The molecule has 4 nitrogen and oxygen atoms in total. The van der Waals surface area contributed by atoms with Crippen molar-refractivity contribution in [1.82, 2.24) is 5.32 Å². The van der Waals surface area contributed by atoms with Crippen LogP contribution in [0.1, 0.15) is 17.9 Å². The summed E-state index contributed by atoms with van der Waals surface area (Å²) >= 11 is 6.05. The summed E-state index contributed by atoms with van der Waals surface area (Å²) in [5.41, 5.74) is 0.847. The third-order valence-corrected chi connectivity index (χ3v) is 3.46. The van der Waals surface area contributed by atoms with Gasteiger partial charge in [-0.15, -0.1) is 0 Å². The quantitative estimate of drug-likeness (QED) is 0.788. The van der Waals surface area contributed by atoms with Gasteiger partial charge in [-0.1, -0.05) is 11.6 Å². The predicted octanol–water partition coefficient (Wildman–Crippen LogP) is 1.85. The second-order valence-electron chi connectivity index (χ2n) is 4.05. The molecule has 1 saturated heterocycles. The lowest BCUT2D eigenvalue weighted by atomic mass is 9.97. The second kappa shape index (κ2) is 3.71. The summed E-state index contributed by atoms with van der Waals surface area (Å²) in [5, 5.41) is 13.5. The number of nitrogens with one attached hydrogen (secondary N) is 1. The highest BCUT2D eigenvalue weighted by atomic mass is 35.5. The van der Waals surface area contributed by atoms with Gasteiger partial charge in [-0.05, 0) is 19.0 Å². The minimum atomic E-state index is 0.125. The first-order valence-corrected chi connectivity index (χ1v) is 5.67. The van der Waals surface area contributed by atoms with Gasteiger partial charge in [-0.25, -0.2) is 0 Å². The molecule has 1 fully saturated rings. The maximum absolute atomic E-state index is 10.0. The molecule has 2 heterocycles. The number of hydrogen-bond acceptors (Lipinski definition) is 4. The van der Waals surface area contributed by atoms with Gasteiger partial charge < -0.3 is 19.9 Å². The normalized spacial score (nSPS) is 22.7. The van der Waals surface area contributed by atoms with Gasteiger partial charge in [-0.2, -0.15) is 0 Å². The Morgan fingerprint density at radius 1 is 1.44 bits per heavy atom. The molecule has 0 aliphatic carbocycles. The molecule has 1 aromatic rings. The Kier molecular flexibility index (Phi) is 2.33. The van der Waals surface area contributed by atoms with Crippen molar-refractivity contribution in [2.75, 3.05) is 19.9 Å². The molecule has 5 heteroatoms. The molecule has 1 unspecified atom stereocenters. The summed E-state index contributed by atoms with van der Waals surface area (Å²) in [6, 6.07) is 1.83. The zero-order valence-electron chi connectivity index (χ0n) is 8.62. The van der Waals surface area contributed by atoms with Crippen LogP contribution in [0, 0.1) is 0 Å². The van der Waals surface area contributed by atoms with Crippen LogP contribution in [0.15, 0.2) is 6.07 Å². The van der Waals surface area contributed by atoms with E-state index in [2.05, 4.69) is 5.32 Å². The number of rotatable bonds is 1. The summed E-state index contributed by atoms with van der Waals surface area (Å²) in [5.74, 6) is 1.50. The van der Waals surface area contributed by atoms with E-state index in [-0.39, 0.29) is 17.6 Å². The SMILES string of the molecule is Oc1c(C2CCNC2)cc2c(c1Cl)OCO2. The molecule has 2 N–H and O–H groups in total. The molecule has 0 spiro atoms. The lowest BCUT2D eigenvalue weighted by molar-refractivity contribution is 0.174. The largest absolute Gasteiger partial charge is 0.506 e. The van der Waals surface area contributed by atoms with Crippen molar-refractivity contribution in [3.63, 3.8) is 0 Å². The standard InChI is InChI=1S/C11H12ClNO3/c12-9-10(14)7(6-1-2-13-4-6)3-8-11(9)16-5-15-8/h3,6,13-14H,1-2,4-5H2. The van der Waals surface area contributed by atoms with Gasteiger partial charge in [0, 0.05) is 18.0 Å². The Hall–Kier alpha value is -1.13. The first-order chi connectivity index (χ1) is 7.77. The third kappa shape index (κ3) is 1.41. The molecule has 0 bridgehead atoms. The maximum Gasteiger partial charge on any atom is 0.231 e. The number of aromatic hydroxyl groups is 1. The van der Waals surface area contributed by atoms with Gasteiger partial charge in [0.05, 0.1) is 0 Å². The fourth-order valence-corrected chi connectivity index (χ4v) is 2.50. The second-order valence-corrected chi connectivity index (χ2v) is 4.43. The van der Waals surface area contributed by atoms with Crippen LogP contribution in [0.5, 0.6) is 17.2 Å². The highest BCUT2D eigenvalue weighted by Gasteiger charge is 2.27. The van der Waals surface area contributed by atoms with Gasteiger partial charge in [0.1, 0.15) is 10.8 Å². The molecule has 3 rings (SSSR count). The van der Waals surface area contributed by atoms with Crippen LogP contribution in [0.25, 0.3) is 0 Å². The smallest absolute Gasteiger partial charge is 0.231 e. The van der Waals surface area contributed by atoms with E-state index >= 15 is 0 Å². The van der Waals surface area contributed by atoms with E-state index in [1.807, 2.05) is 6.07 Å². The van der Waals surface area contributed by atoms with E-state index in [4.69, 9.17) is 21.1 Å². The van der Waals surface area contributed by atoms with Gasteiger partial charge >= 0.3 is 0 Å². The van der Waals surface area contributed by atoms with Gasteiger partial charge in [-0.3, -0.25) is 0 Å². The number of fused-ring (bicyclic) bond motifs is 1. The van der Waals surface area contributed by atoms with Crippen molar-refractivity contribution in [3.8, 4) is 17.2 Å². The van der Waals surface area contributed by atoms with Gasteiger partial charge in [0.25, 0.3) is 0 Å². The molecule has 2 aliphatic rings. The monoisotopic (exact) mass is 241 g/mol. The number of phenolic OH excluding ortho intramolecular Hbond substituents is 1. The zero-order chi connectivity index (χ0) is 11.1. The molecule has 2 aliphatic heterocycles. The molecular weight excluding hydrogens is 230 g/mol. The van der Waals surface area contributed by atoms with E-state index in [1.54, 1.807) is 0 Å². The van der Waals surface area contributed by atoms with Gasteiger partial charge in [0.15, 0.2) is 11.5 Å². The Morgan fingerprint density at radius 2 is 2.31 bits per heavy atom. The van der Waals surface area contributed by atoms with Crippen LogP contribution in [-0.4, -0.2) is 25.0 Å². The fourth-order valence-electron chi connectivity index (χ4n) is 2.24. The molecular formula is C11H12ClNO3. The number of ether oxygens (including phenoxy) is 2. The minimum Gasteiger partial charge on any atom is -0.506 e. The molecule has 16 heavy (non-hydrogen) atoms. The van der Waals surface area contributed by atoms with Crippen molar-refractivity contribution in [2.45, 2.75) is 12.3 Å². The summed E-state index contributed by atoms with van der Waals surface area (Å²) in [7, 11) is 0. The van der Waals surface area contributed by atoms with Gasteiger partial charge in [0.2, 0.25) is 6.79 Å². The summed E-state index contributed by atoms with van der Waals surface area (Å²) in [6.07, 6.45) is 1.00. The molecule has 0 amide bonds. The molecule has 0 aromatic heterocycles. The van der Waals surface area contributed by atoms with Crippen LogP contribution in [0.3, 0.4) is 0 Å². The lowest BCUT2D eigenvalue weighted by Crippen LogP contribution is -2.08. The van der Waals surface area contributed by atoms with E-state index in [0.29, 0.717) is 17.4 Å². The lowest BCUT2D eigenvalue weighted by Gasteiger charge is -2.13. The minimum absolute atomic E-state index is 0.125. The first kappa shape index (κ1) is 10.1. The summed E-state index contributed by atoms with van der Waals surface area (Å²) in [4.78, 5) is 0. The van der Waals surface area contributed by atoms with Crippen molar-refractivity contribution < 1.29 is 14.6 Å². The van der Waals surface area contributed by atoms with Crippen LogP contribution in [0.2, 0.25) is 5.02 Å². The van der Waals surface area contributed by atoms with Crippen LogP contribution < -0.4 is 14.8 Å². The summed E-state index contributed by atoms with van der Waals surface area (Å²) < 4.78 is 10.5. The van der Waals surface area contributed by atoms with Crippen LogP contribution in [-0.2, 0) is 0 Å². The molecule has 0 radical (unpaired) electrons. The van der Waals surface area contributed by atoms with Crippen molar-refractivity contribution in [2.24, 2.45) is 0 Å². The average molecular weight is 242 g/mol. The Labute approximate surface area is 98.1 Å². The number of benzene rings is 1. The molecule has 1 aromatic carbocycles. The van der Waals surface area contributed by atoms with Crippen LogP contribution >= 0.6 is 11.6 Å². The highest BCUT2D eigenvalue weighted by Crippen LogP contribution is 2.48. The van der Waals surface area contributed by atoms with E-state index < -0.39 is 0 Å². The van der Waals surface area contributed by atoms with Crippen molar-refractivity contribution in [1.29, 1.82) is 0 Å². The summed E-state index contributed by atoms with van der Waals surface area (Å²) in [6.45, 7) is 2.00. The molecule has 1 atom stereocenters. The number of phenols is 1. The highest BCUT2D eigenvalue weighted by molar-refractivity contribution is 6.34. The first-order valence-electron chi connectivity index (χ1n) is 5.29. The van der Waals surface area contributed by atoms with E-state index in [9.17, 15) is 5.11 Å². The molecule has 86 valence electrons. The van der Waals surface area contributed by atoms with Crippen LogP contribution in [0.4, 0.5) is 0 Å². The average Bonchev–Trinajstić information content (AvgIpc) is 2.92. The Morgan fingerprint density at radius 3 is 3.06 bits per heavy atom.